The molecule has 1 aromatic heterocycles. The molecule has 1 aromatic carbocycles. The van der Waals surface area contributed by atoms with Crippen LogP contribution < -0.4 is 5.73 Å². The summed E-state index contributed by atoms with van der Waals surface area (Å²) in [4.78, 5) is 0.417. The third-order valence-corrected chi connectivity index (χ3v) is 3.06. The van der Waals surface area contributed by atoms with E-state index in [2.05, 4.69) is 17.5 Å². The smallest absolute Gasteiger partial charge is 0.0962 e. The second-order valence-electron chi connectivity index (χ2n) is 2.92. The number of hydrogen-bond acceptors (Lipinski definition) is 2. The van der Waals surface area contributed by atoms with Gasteiger partial charge in [-0.1, -0.05) is 36.5 Å². The summed E-state index contributed by atoms with van der Waals surface area (Å²) in [5, 5.41) is 3.37. The fraction of sp³-hybridized carbons (Fsp3) is 0. The van der Waals surface area contributed by atoms with E-state index in [1.165, 1.54) is 15.6 Å². The number of benzene rings is 1. The molecule has 0 aliphatic heterocycles. The van der Waals surface area contributed by atoms with E-state index in [1.807, 2.05) is 18.2 Å². The maximum atomic E-state index is 5.40. The highest BCUT2D eigenvalue weighted by molar-refractivity contribution is 7.80. The number of fused-ring (bicyclic) bond motifs is 1. The van der Waals surface area contributed by atoms with E-state index in [4.69, 9.17) is 18.0 Å². The molecule has 0 aliphatic carbocycles. The van der Waals surface area contributed by atoms with Crippen LogP contribution in [0.3, 0.4) is 0 Å². The summed E-state index contributed by atoms with van der Waals surface area (Å²) in [6.45, 7) is 0. The Kier molecular flexibility index (Phi) is 2.61. The predicted octanol–water partition coefficient (Wildman–Crippen LogP) is 3.20. The summed E-state index contributed by atoms with van der Waals surface area (Å²) in [6, 6.07) is 8.29. The largest absolute Gasteiger partial charge is 0.390 e. The van der Waals surface area contributed by atoms with Crippen LogP contribution in [0.1, 0.15) is 5.56 Å². The first-order chi connectivity index (χ1) is 6.77. The minimum atomic E-state index is 0.417. The first-order valence-electron chi connectivity index (χ1n) is 4.21. The lowest BCUT2D eigenvalue weighted by Gasteiger charge is -1.90. The van der Waals surface area contributed by atoms with E-state index in [1.54, 1.807) is 17.4 Å². The standard InChI is InChI=1S/C11H9NS2/c12-11(13)6-5-8-7-14-10-4-2-1-3-9(8)10/h1-7H,(H2,12,13)/b6-5+. The highest BCUT2D eigenvalue weighted by Gasteiger charge is 1.98. The summed E-state index contributed by atoms with van der Waals surface area (Å²) in [5.41, 5.74) is 6.58. The van der Waals surface area contributed by atoms with E-state index < -0.39 is 0 Å². The van der Waals surface area contributed by atoms with Crippen molar-refractivity contribution in [1.82, 2.24) is 0 Å². The molecule has 0 fully saturated rings. The van der Waals surface area contributed by atoms with Gasteiger partial charge in [-0.3, -0.25) is 0 Å². The first kappa shape index (κ1) is 9.37. The van der Waals surface area contributed by atoms with Crippen LogP contribution in [-0.2, 0) is 0 Å². The average Bonchev–Trinajstić information content (AvgIpc) is 2.58. The first-order valence-corrected chi connectivity index (χ1v) is 5.50. The lowest BCUT2D eigenvalue weighted by molar-refractivity contribution is 1.81. The molecule has 0 spiro atoms. The molecule has 2 aromatic rings. The van der Waals surface area contributed by atoms with Gasteiger partial charge in [0, 0.05) is 4.70 Å². The highest BCUT2D eigenvalue weighted by atomic mass is 32.1. The zero-order valence-corrected chi connectivity index (χ0v) is 9.07. The van der Waals surface area contributed by atoms with Crippen LogP contribution in [0.25, 0.3) is 16.2 Å². The molecule has 14 heavy (non-hydrogen) atoms. The number of nitrogens with two attached hydrogens (primary N) is 1. The molecule has 1 nitrogen and oxygen atoms in total. The van der Waals surface area contributed by atoms with Crippen molar-refractivity contribution in [2.75, 3.05) is 0 Å². The maximum Gasteiger partial charge on any atom is 0.0962 e. The Hall–Kier alpha value is -1.19. The van der Waals surface area contributed by atoms with Crippen molar-refractivity contribution in [2.45, 2.75) is 0 Å². The lowest BCUT2D eigenvalue weighted by atomic mass is 10.2. The van der Waals surface area contributed by atoms with Gasteiger partial charge in [-0.05, 0) is 28.5 Å². The lowest BCUT2D eigenvalue weighted by Crippen LogP contribution is -2.01. The van der Waals surface area contributed by atoms with E-state index in [9.17, 15) is 0 Å². The molecule has 0 radical (unpaired) electrons. The molecular formula is C11H9NS2. The van der Waals surface area contributed by atoms with Gasteiger partial charge in [0.05, 0.1) is 4.99 Å². The van der Waals surface area contributed by atoms with Gasteiger partial charge in [-0.25, -0.2) is 0 Å². The van der Waals surface area contributed by atoms with Crippen molar-refractivity contribution in [3.8, 4) is 0 Å². The Morgan fingerprint density at radius 3 is 2.93 bits per heavy atom. The minimum absolute atomic E-state index is 0.417. The number of thiocarbonyl (C=S) groups is 1. The third-order valence-electron chi connectivity index (χ3n) is 1.94. The monoisotopic (exact) mass is 219 g/mol. The topological polar surface area (TPSA) is 26.0 Å². The molecule has 3 heteroatoms. The molecule has 0 unspecified atom stereocenters. The number of thiophene rings is 1. The van der Waals surface area contributed by atoms with Crippen molar-refractivity contribution in [3.05, 3.63) is 41.3 Å². The molecule has 0 aliphatic rings. The fourth-order valence-corrected chi connectivity index (χ4v) is 2.30. The third kappa shape index (κ3) is 1.84. The molecule has 2 N–H and O–H groups in total. The number of hydrogen-bond donors (Lipinski definition) is 1. The van der Waals surface area contributed by atoms with Crippen molar-refractivity contribution in [1.29, 1.82) is 0 Å². The summed E-state index contributed by atoms with van der Waals surface area (Å²) >= 11 is 6.52. The molecular weight excluding hydrogens is 210 g/mol. The highest BCUT2D eigenvalue weighted by Crippen LogP contribution is 2.26. The van der Waals surface area contributed by atoms with Crippen LogP contribution in [0.2, 0.25) is 0 Å². The average molecular weight is 219 g/mol. The van der Waals surface area contributed by atoms with Crippen LogP contribution >= 0.6 is 23.6 Å². The van der Waals surface area contributed by atoms with E-state index in [0.717, 1.165) is 0 Å². The van der Waals surface area contributed by atoms with Crippen molar-refractivity contribution in [3.63, 3.8) is 0 Å². The van der Waals surface area contributed by atoms with E-state index >= 15 is 0 Å². The Balaban J connectivity index is 2.48. The van der Waals surface area contributed by atoms with Crippen molar-refractivity contribution < 1.29 is 0 Å². The molecule has 0 saturated heterocycles. The molecule has 1 heterocycles. The molecule has 70 valence electrons. The van der Waals surface area contributed by atoms with Gasteiger partial charge in [-0.15, -0.1) is 11.3 Å². The van der Waals surface area contributed by atoms with Gasteiger partial charge < -0.3 is 5.73 Å². The van der Waals surface area contributed by atoms with Gasteiger partial charge in [0.2, 0.25) is 0 Å². The predicted molar refractivity (Wildman–Crippen MR) is 67.6 cm³/mol. The summed E-state index contributed by atoms with van der Waals surface area (Å²) in [7, 11) is 0. The van der Waals surface area contributed by atoms with Gasteiger partial charge in [0.1, 0.15) is 0 Å². The van der Waals surface area contributed by atoms with Crippen molar-refractivity contribution >= 4 is 44.7 Å². The van der Waals surface area contributed by atoms with Crippen LogP contribution in [0, 0.1) is 0 Å². The Bertz CT molecular complexity index is 497. The summed E-state index contributed by atoms with van der Waals surface area (Å²) in [6.07, 6.45) is 3.71. The minimum Gasteiger partial charge on any atom is -0.390 e. The van der Waals surface area contributed by atoms with Gasteiger partial charge >= 0.3 is 0 Å². The van der Waals surface area contributed by atoms with Gasteiger partial charge in [0.25, 0.3) is 0 Å². The zero-order chi connectivity index (χ0) is 9.97. The van der Waals surface area contributed by atoms with Crippen LogP contribution in [0.4, 0.5) is 0 Å². The second kappa shape index (κ2) is 3.90. The normalized spacial score (nSPS) is 11.1. The molecule has 2 rings (SSSR count). The van der Waals surface area contributed by atoms with Gasteiger partial charge in [-0.2, -0.15) is 0 Å². The summed E-state index contributed by atoms with van der Waals surface area (Å²) in [5.74, 6) is 0. The Morgan fingerprint density at radius 1 is 1.36 bits per heavy atom. The summed E-state index contributed by atoms with van der Waals surface area (Å²) < 4.78 is 1.29. The second-order valence-corrected chi connectivity index (χ2v) is 4.31. The Labute approximate surface area is 91.9 Å². The zero-order valence-electron chi connectivity index (χ0n) is 7.44. The van der Waals surface area contributed by atoms with Crippen LogP contribution in [-0.4, -0.2) is 4.99 Å². The quantitative estimate of drug-likeness (QED) is 0.620. The van der Waals surface area contributed by atoms with Gasteiger partial charge in [0.15, 0.2) is 0 Å². The van der Waals surface area contributed by atoms with Crippen molar-refractivity contribution in [2.24, 2.45) is 5.73 Å². The molecule has 0 bridgehead atoms. The molecule has 0 atom stereocenters. The SMILES string of the molecule is NC(=S)/C=C/c1csc2ccccc12. The number of rotatable bonds is 2. The van der Waals surface area contributed by atoms with Crippen LogP contribution in [0.15, 0.2) is 35.7 Å². The van der Waals surface area contributed by atoms with E-state index in [-0.39, 0.29) is 0 Å². The fourth-order valence-electron chi connectivity index (χ4n) is 1.30. The van der Waals surface area contributed by atoms with E-state index in [0.29, 0.717) is 4.99 Å². The maximum absolute atomic E-state index is 5.40. The molecule has 0 saturated carbocycles. The molecule has 0 amide bonds. The van der Waals surface area contributed by atoms with Crippen LogP contribution in [0.5, 0.6) is 0 Å². The Morgan fingerprint density at radius 2 is 2.14 bits per heavy atom.